The quantitative estimate of drug-likeness (QED) is 0.299. The maximum atomic E-state index is 5.72. The number of guanidine groups is 1. The van der Waals surface area contributed by atoms with E-state index in [9.17, 15) is 0 Å². The predicted molar refractivity (Wildman–Crippen MR) is 112 cm³/mol. The molecule has 0 aliphatic carbocycles. The first-order valence-corrected chi connectivity index (χ1v) is 8.87. The Bertz CT molecular complexity index is 467. The molecule has 0 bridgehead atoms. The van der Waals surface area contributed by atoms with Gasteiger partial charge in [0.1, 0.15) is 0 Å². The van der Waals surface area contributed by atoms with Crippen molar-refractivity contribution in [1.29, 1.82) is 0 Å². The fourth-order valence-corrected chi connectivity index (χ4v) is 3.01. The van der Waals surface area contributed by atoms with Crippen LogP contribution in [0.25, 0.3) is 0 Å². The second kappa shape index (κ2) is 12.5. The van der Waals surface area contributed by atoms with E-state index in [2.05, 4.69) is 46.4 Å². The molecule has 24 heavy (non-hydrogen) atoms. The second-order valence-corrected chi connectivity index (χ2v) is 6.41. The minimum Gasteiger partial charge on any atom is -0.377 e. The average Bonchev–Trinajstić information content (AvgIpc) is 2.58. The summed E-state index contributed by atoms with van der Waals surface area (Å²) in [6, 6.07) is 10.3. The van der Waals surface area contributed by atoms with E-state index in [1.54, 1.807) is 0 Å². The van der Waals surface area contributed by atoms with Crippen LogP contribution in [0.5, 0.6) is 0 Å². The zero-order valence-corrected chi connectivity index (χ0v) is 17.4. The maximum Gasteiger partial charge on any atom is 0.193 e. The molecule has 1 aromatic rings. The van der Waals surface area contributed by atoms with Crippen molar-refractivity contribution >= 4 is 29.9 Å². The summed E-state index contributed by atoms with van der Waals surface area (Å²) in [7, 11) is 1.88. The molecule has 1 unspecified atom stereocenters. The van der Waals surface area contributed by atoms with Crippen LogP contribution in [0.3, 0.4) is 0 Å². The van der Waals surface area contributed by atoms with Gasteiger partial charge in [-0.15, -0.1) is 24.0 Å². The van der Waals surface area contributed by atoms with E-state index < -0.39 is 0 Å². The first-order chi connectivity index (χ1) is 11.3. The molecule has 0 spiro atoms. The van der Waals surface area contributed by atoms with Crippen LogP contribution in [0, 0.1) is 5.92 Å². The summed E-state index contributed by atoms with van der Waals surface area (Å²) >= 11 is 0. The number of hydrogen-bond acceptors (Lipinski definition) is 2. The van der Waals surface area contributed by atoms with Gasteiger partial charge in [0, 0.05) is 33.3 Å². The van der Waals surface area contributed by atoms with Crippen LogP contribution < -0.4 is 5.32 Å². The number of piperidine rings is 1. The normalized spacial score (nSPS) is 18.2. The van der Waals surface area contributed by atoms with Gasteiger partial charge >= 0.3 is 0 Å². The van der Waals surface area contributed by atoms with Gasteiger partial charge in [-0.25, -0.2) is 0 Å². The summed E-state index contributed by atoms with van der Waals surface area (Å²) in [6.45, 7) is 7.07. The number of rotatable bonds is 7. The van der Waals surface area contributed by atoms with E-state index >= 15 is 0 Å². The predicted octanol–water partition coefficient (Wildman–Crippen LogP) is 3.91. The minimum atomic E-state index is 0. The summed E-state index contributed by atoms with van der Waals surface area (Å²) in [4.78, 5) is 6.81. The zero-order valence-electron chi connectivity index (χ0n) is 15.0. The van der Waals surface area contributed by atoms with Crippen molar-refractivity contribution in [2.45, 2.75) is 39.2 Å². The van der Waals surface area contributed by atoms with Crippen molar-refractivity contribution in [2.75, 3.05) is 33.3 Å². The van der Waals surface area contributed by atoms with E-state index in [-0.39, 0.29) is 24.0 Å². The maximum absolute atomic E-state index is 5.72. The Hall–Kier alpha value is -0.820. The van der Waals surface area contributed by atoms with E-state index in [0.29, 0.717) is 6.61 Å². The number of ether oxygens (including phenoxy) is 1. The molecule has 0 aromatic heterocycles. The molecule has 136 valence electrons. The monoisotopic (exact) mass is 445 g/mol. The number of unbranched alkanes of at least 4 members (excludes halogenated alkanes) is 1. The molecule has 1 aliphatic heterocycles. The van der Waals surface area contributed by atoms with Crippen LogP contribution in [0.2, 0.25) is 0 Å². The summed E-state index contributed by atoms with van der Waals surface area (Å²) in [6.07, 6.45) is 4.80. The van der Waals surface area contributed by atoms with Gasteiger partial charge < -0.3 is 15.0 Å². The van der Waals surface area contributed by atoms with Crippen LogP contribution in [0.15, 0.2) is 35.3 Å². The highest BCUT2D eigenvalue weighted by Crippen LogP contribution is 2.15. The van der Waals surface area contributed by atoms with Crippen molar-refractivity contribution in [2.24, 2.45) is 10.9 Å². The molecule has 0 saturated carbocycles. The third kappa shape index (κ3) is 7.83. The van der Waals surface area contributed by atoms with Crippen molar-refractivity contribution < 1.29 is 4.74 Å². The molecule has 2 rings (SSSR count). The largest absolute Gasteiger partial charge is 0.377 e. The molecular formula is C19H32IN3O. The van der Waals surface area contributed by atoms with Gasteiger partial charge in [-0.05, 0) is 37.2 Å². The summed E-state index contributed by atoms with van der Waals surface area (Å²) in [5.41, 5.74) is 1.24. The molecule has 1 aromatic carbocycles. The Labute approximate surface area is 164 Å². The second-order valence-electron chi connectivity index (χ2n) is 6.41. The minimum absolute atomic E-state index is 0. The first kappa shape index (κ1) is 21.2. The Balaban J connectivity index is 0.00000288. The van der Waals surface area contributed by atoms with Crippen LogP contribution in [-0.2, 0) is 11.3 Å². The van der Waals surface area contributed by atoms with Crippen LogP contribution in [-0.4, -0.2) is 44.1 Å². The lowest BCUT2D eigenvalue weighted by Gasteiger charge is -2.33. The standard InChI is InChI=1S/C19H31N3O.HI/c1-17-9-8-13-22(15-17)19(20-2)21-12-6-7-14-23-16-18-10-4-3-5-11-18;/h3-5,10-11,17H,6-9,12-16H2,1-2H3,(H,20,21);1H. The third-order valence-electron chi connectivity index (χ3n) is 4.28. The van der Waals surface area contributed by atoms with Gasteiger partial charge in [-0.2, -0.15) is 0 Å². The summed E-state index contributed by atoms with van der Waals surface area (Å²) in [5.74, 6) is 1.83. The highest BCUT2D eigenvalue weighted by molar-refractivity contribution is 14.0. The molecular weight excluding hydrogens is 413 g/mol. The van der Waals surface area contributed by atoms with Gasteiger partial charge in [0.25, 0.3) is 0 Å². The molecule has 4 nitrogen and oxygen atoms in total. The number of likely N-dealkylation sites (tertiary alicyclic amines) is 1. The topological polar surface area (TPSA) is 36.9 Å². The van der Waals surface area contributed by atoms with Gasteiger partial charge in [0.05, 0.1) is 6.61 Å². The van der Waals surface area contributed by atoms with E-state index in [0.717, 1.165) is 51.0 Å². The van der Waals surface area contributed by atoms with Crippen LogP contribution in [0.4, 0.5) is 0 Å². The lowest BCUT2D eigenvalue weighted by molar-refractivity contribution is 0.117. The molecule has 1 atom stereocenters. The fourth-order valence-electron chi connectivity index (χ4n) is 3.01. The van der Waals surface area contributed by atoms with Crippen LogP contribution >= 0.6 is 24.0 Å². The zero-order chi connectivity index (χ0) is 16.3. The number of aliphatic imine (C=N–C) groups is 1. The average molecular weight is 445 g/mol. The Morgan fingerprint density at radius 3 is 2.79 bits per heavy atom. The summed E-state index contributed by atoms with van der Waals surface area (Å²) < 4.78 is 5.72. The molecule has 0 radical (unpaired) electrons. The molecule has 1 fully saturated rings. The molecule has 1 aliphatic rings. The number of nitrogens with zero attached hydrogens (tertiary/aromatic N) is 2. The SMILES string of the molecule is CN=C(NCCCCOCc1ccccc1)N1CCCC(C)C1.I. The first-order valence-electron chi connectivity index (χ1n) is 8.87. The van der Waals surface area contributed by atoms with Crippen molar-refractivity contribution in [1.82, 2.24) is 10.2 Å². The van der Waals surface area contributed by atoms with Crippen molar-refractivity contribution in [3.05, 3.63) is 35.9 Å². The summed E-state index contributed by atoms with van der Waals surface area (Å²) in [5, 5.41) is 3.49. The lowest BCUT2D eigenvalue weighted by Crippen LogP contribution is -2.46. The van der Waals surface area contributed by atoms with Crippen LogP contribution in [0.1, 0.15) is 38.2 Å². The van der Waals surface area contributed by atoms with E-state index in [1.807, 2.05) is 13.1 Å². The smallest absolute Gasteiger partial charge is 0.193 e. The van der Waals surface area contributed by atoms with E-state index in [4.69, 9.17) is 4.74 Å². The van der Waals surface area contributed by atoms with Gasteiger partial charge in [0.15, 0.2) is 5.96 Å². The Morgan fingerprint density at radius 1 is 1.29 bits per heavy atom. The number of halogens is 1. The highest BCUT2D eigenvalue weighted by Gasteiger charge is 2.18. The highest BCUT2D eigenvalue weighted by atomic mass is 127. The number of benzene rings is 1. The fraction of sp³-hybridized carbons (Fsp3) is 0.632. The van der Waals surface area contributed by atoms with Crippen molar-refractivity contribution in [3.8, 4) is 0 Å². The Kier molecular flexibility index (Phi) is 11.1. The Morgan fingerprint density at radius 2 is 2.08 bits per heavy atom. The third-order valence-corrected chi connectivity index (χ3v) is 4.28. The molecule has 5 heteroatoms. The van der Waals surface area contributed by atoms with Crippen molar-refractivity contribution in [3.63, 3.8) is 0 Å². The van der Waals surface area contributed by atoms with Gasteiger partial charge in [-0.3, -0.25) is 4.99 Å². The molecule has 0 amide bonds. The number of nitrogens with one attached hydrogen (secondary N) is 1. The molecule has 1 heterocycles. The van der Waals surface area contributed by atoms with Gasteiger partial charge in [0.2, 0.25) is 0 Å². The molecule has 1 N–H and O–H groups in total. The lowest BCUT2D eigenvalue weighted by atomic mass is 10.0. The number of hydrogen-bond donors (Lipinski definition) is 1. The molecule has 1 saturated heterocycles. The van der Waals surface area contributed by atoms with E-state index in [1.165, 1.54) is 18.4 Å². The van der Waals surface area contributed by atoms with Gasteiger partial charge in [-0.1, -0.05) is 37.3 Å².